The maximum Gasteiger partial charge on any atom is 0.410 e. The smallest absolute Gasteiger partial charge is 0.410 e. The lowest BCUT2D eigenvalue weighted by atomic mass is 10.0. The van der Waals surface area contributed by atoms with Crippen molar-refractivity contribution in [2.45, 2.75) is 85.0 Å². The van der Waals surface area contributed by atoms with Crippen LogP contribution in [-0.4, -0.2) is 96.4 Å². The molecule has 3 atom stereocenters. The molecular formula is C59H66N4O12. The molecule has 75 heavy (non-hydrogen) atoms. The van der Waals surface area contributed by atoms with E-state index in [0.717, 1.165) is 11.1 Å². The van der Waals surface area contributed by atoms with Crippen LogP contribution in [0.5, 0.6) is 23.0 Å². The molecule has 0 aliphatic heterocycles. The van der Waals surface area contributed by atoms with Gasteiger partial charge in [-0.2, -0.15) is 0 Å². The fourth-order valence-corrected chi connectivity index (χ4v) is 8.03. The number of hydrogen-bond donors (Lipinski definition) is 2. The van der Waals surface area contributed by atoms with Gasteiger partial charge in [0, 0.05) is 62.5 Å². The van der Waals surface area contributed by atoms with E-state index >= 15 is 0 Å². The predicted octanol–water partition coefficient (Wildman–Crippen LogP) is 11.1. The van der Waals surface area contributed by atoms with E-state index < -0.39 is 30.0 Å². The number of hydrogen-bond acceptors (Lipinski definition) is 10. The number of benzene rings is 6. The molecule has 6 aromatic carbocycles. The average Bonchev–Trinajstić information content (AvgIpc) is 3.39. The monoisotopic (exact) mass is 1020 g/mol. The molecule has 4 amide bonds. The van der Waals surface area contributed by atoms with E-state index in [1.54, 1.807) is 104 Å². The third kappa shape index (κ3) is 16.7. The van der Waals surface area contributed by atoms with Gasteiger partial charge in [0.2, 0.25) is 11.8 Å². The van der Waals surface area contributed by atoms with Crippen molar-refractivity contribution in [2.24, 2.45) is 0 Å². The van der Waals surface area contributed by atoms with Crippen LogP contribution in [0.15, 0.2) is 146 Å². The minimum absolute atomic E-state index is 0.125. The highest BCUT2D eigenvalue weighted by atomic mass is 16.5. The molecule has 6 rings (SSSR count). The molecule has 0 radical (unpaired) electrons. The summed E-state index contributed by atoms with van der Waals surface area (Å²) >= 11 is 0. The summed E-state index contributed by atoms with van der Waals surface area (Å²) in [5.41, 5.74) is 6.01. The van der Waals surface area contributed by atoms with E-state index in [1.165, 1.54) is 37.9 Å². The molecule has 0 aliphatic carbocycles. The van der Waals surface area contributed by atoms with Gasteiger partial charge in [0.05, 0.1) is 39.6 Å². The number of aliphatic carboxylic acids is 2. The SMILES string of the molecule is COC(=O)N(Cc1cc(N(C)C(C)=O)ccc1Oc1cccc(C(C)C(=O)O)c1)[C@@H](C)Cc1ccccc1.COC(=O)N(Cc1cc(N(C)C(C)=O)ccc1Oc1cccc(CC(=O)O)c1)[C@@H](C)Cc1ccccc1. The Hall–Kier alpha value is -8.66. The maximum atomic E-state index is 12.9. The van der Waals surface area contributed by atoms with Crippen LogP contribution in [0.4, 0.5) is 21.0 Å². The van der Waals surface area contributed by atoms with Crippen LogP contribution in [0, 0.1) is 0 Å². The highest BCUT2D eigenvalue weighted by Gasteiger charge is 2.26. The van der Waals surface area contributed by atoms with Crippen molar-refractivity contribution in [1.82, 2.24) is 9.80 Å². The lowest BCUT2D eigenvalue weighted by molar-refractivity contribution is -0.138. The van der Waals surface area contributed by atoms with Crippen molar-refractivity contribution in [3.05, 3.63) is 179 Å². The summed E-state index contributed by atoms with van der Waals surface area (Å²) in [6, 6.07) is 43.7. The number of carboxylic acid groups (broad SMARTS) is 2. The summed E-state index contributed by atoms with van der Waals surface area (Å²) in [5.74, 6) is -0.943. The van der Waals surface area contributed by atoms with E-state index in [-0.39, 0.29) is 43.4 Å². The van der Waals surface area contributed by atoms with Gasteiger partial charge in [-0.05, 0) is 117 Å². The largest absolute Gasteiger partial charge is 0.481 e. The normalized spacial score (nSPS) is 11.8. The molecule has 1 unspecified atom stereocenters. The van der Waals surface area contributed by atoms with Gasteiger partial charge in [0.1, 0.15) is 23.0 Å². The lowest BCUT2D eigenvalue weighted by Crippen LogP contribution is -2.39. The third-order valence-electron chi connectivity index (χ3n) is 12.6. The highest BCUT2D eigenvalue weighted by molar-refractivity contribution is 5.91. The van der Waals surface area contributed by atoms with E-state index in [1.807, 2.05) is 86.6 Å². The first kappa shape index (κ1) is 57.2. The van der Waals surface area contributed by atoms with Crippen LogP contribution in [0.1, 0.15) is 73.9 Å². The Balaban J connectivity index is 0.000000277. The molecule has 0 aromatic heterocycles. The van der Waals surface area contributed by atoms with Crippen molar-refractivity contribution in [3.8, 4) is 23.0 Å². The number of rotatable bonds is 20. The van der Waals surface area contributed by atoms with Crippen molar-refractivity contribution < 1.29 is 57.9 Å². The molecule has 0 aliphatic rings. The molecule has 0 saturated heterocycles. The number of anilines is 2. The van der Waals surface area contributed by atoms with Gasteiger partial charge in [0.15, 0.2) is 0 Å². The third-order valence-corrected chi connectivity index (χ3v) is 12.6. The summed E-state index contributed by atoms with van der Waals surface area (Å²) < 4.78 is 22.6. The van der Waals surface area contributed by atoms with Crippen molar-refractivity contribution in [3.63, 3.8) is 0 Å². The number of ether oxygens (including phenoxy) is 4. The van der Waals surface area contributed by atoms with Gasteiger partial charge in [-0.1, -0.05) is 84.9 Å². The number of carbonyl (C=O) groups is 6. The standard InChI is InChI=1S/C30H34N2O6.C29H32N2O6/c1-20(16-23-10-7-6-8-11-23)32(30(36)37-5)19-25-17-26(31(4)22(3)33)14-15-28(25)38-27-13-9-12-24(18-27)21(2)29(34)35;1-20(15-22-9-6-5-7-10-22)31(29(35)36-4)19-24-18-25(30(3)21(2)32)13-14-27(24)37-26-12-8-11-23(16-26)17-28(33)34/h6-15,17-18,20-21H,16,19H2,1-5H3,(H,34,35);5-14,16,18,20H,15,17,19H2,1-4H3,(H,33,34)/t20-,21?;20-/m00/s1. The fraction of sp³-hybridized carbons (Fsp3) is 0.288. The number of carboxylic acids is 2. The zero-order chi connectivity index (χ0) is 54.8. The molecular weight excluding hydrogens is 957 g/mol. The minimum atomic E-state index is -0.935. The van der Waals surface area contributed by atoms with Gasteiger partial charge in [-0.3, -0.25) is 19.2 Å². The van der Waals surface area contributed by atoms with Gasteiger partial charge in [0.25, 0.3) is 0 Å². The molecule has 0 bridgehead atoms. The van der Waals surface area contributed by atoms with Crippen LogP contribution < -0.4 is 19.3 Å². The number of methoxy groups -OCH3 is 2. The second-order valence-corrected chi connectivity index (χ2v) is 18.1. The van der Waals surface area contributed by atoms with Crippen LogP contribution in [0.2, 0.25) is 0 Å². The molecule has 0 heterocycles. The quantitative estimate of drug-likeness (QED) is 0.0736. The van der Waals surface area contributed by atoms with Crippen molar-refractivity contribution in [1.29, 1.82) is 0 Å². The molecule has 0 fully saturated rings. The second kappa shape index (κ2) is 27.4. The van der Waals surface area contributed by atoms with Crippen molar-refractivity contribution in [2.75, 3.05) is 38.1 Å². The van der Waals surface area contributed by atoms with E-state index in [2.05, 4.69) is 0 Å². The molecule has 0 saturated carbocycles. The van der Waals surface area contributed by atoms with E-state index in [0.29, 0.717) is 69.5 Å². The molecule has 2 N–H and O–H groups in total. The predicted molar refractivity (Wildman–Crippen MR) is 287 cm³/mol. The first-order chi connectivity index (χ1) is 35.8. The van der Waals surface area contributed by atoms with Gasteiger partial charge in [-0.25, -0.2) is 9.59 Å². The van der Waals surface area contributed by atoms with Crippen LogP contribution in [0.25, 0.3) is 0 Å². The Morgan fingerprint density at radius 2 is 0.920 bits per heavy atom. The summed E-state index contributed by atoms with van der Waals surface area (Å²) in [6.07, 6.45) is 0.148. The van der Waals surface area contributed by atoms with Crippen LogP contribution in [-0.2, 0) is 61.0 Å². The number of carbonyl (C=O) groups excluding carboxylic acids is 4. The zero-order valence-corrected chi connectivity index (χ0v) is 43.9. The van der Waals surface area contributed by atoms with Crippen LogP contribution >= 0.6 is 0 Å². The van der Waals surface area contributed by atoms with E-state index in [9.17, 15) is 33.9 Å². The second-order valence-electron chi connectivity index (χ2n) is 18.1. The van der Waals surface area contributed by atoms with Crippen molar-refractivity contribution >= 4 is 47.3 Å². The Labute approximate surface area is 438 Å². The minimum Gasteiger partial charge on any atom is -0.481 e. The van der Waals surface area contributed by atoms with Gasteiger partial charge < -0.3 is 48.8 Å². The van der Waals surface area contributed by atoms with Crippen LogP contribution in [0.3, 0.4) is 0 Å². The summed E-state index contributed by atoms with van der Waals surface area (Å²) in [6.45, 7) is 8.80. The fourth-order valence-electron chi connectivity index (χ4n) is 8.03. The lowest BCUT2D eigenvalue weighted by Gasteiger charge is -2.29. The summed E-state index contributed by atoms with van der Waals surface area (Å²) in [5, 5.41) is 18.5. The molecule has 6 aromatic rings. The Bertz CT molecular complexity index is 2910. The molecule has 16 nitrogen and oxygen atoms in total. The average molecular weight is 1020 g/mol. The number of amides is 4. The van der Waals surface area contributed by atoms with Gasteiger partial charge >= 0.3 is 24.1 Å². The summed E-state index contributed by atoms with van der Waals surface area (Å²) in [7, 11) is 6.04. The Morgan fingerprint density at radius 1 is 0.507 bits per heavy atom. The first-order valence-electron chi connectivity index (χ1n) is 24.3. The van der Waals surface area contributed by atoms with E-state index in [4.69, 9.17) is 24.1 Å². The molecule has 0 spiro atoms. The molecule has 394 valence electrons. The Kier molecular flexibility index (Phi) is 20.9. The molecule has 16 heteroatoms. The Morgan fingerprint density at radius 3 is 1.32 bits per heavy atom. The maximum absolute atomic E-state index is 12.9. The zero-order valence-electron chi connectivity index (χ0n) is 43.9. The topological polar surface area (TPSA) is 193 Å². The number of nitrogens with zero attached hydrogens (tertiary/aromatic N) is 4. The first-order valence-corrected chi connectivity index (χ1v) is 24.3. The van der Waals surface area contributed by atoms with Gasteiger partial charge in [-0.15, -0.1) is 0 Å². The summed E-state index contributed by atoms with van der Waals surface area (Å²) in [4.78, 5) is 78.6. The highest BCUT2D eigenvalue weighted by Crippen LogP contribution is 2.34.